The molecular weight excluding hydrogens is 324 g/mol. The number of nitrogens with zero attached hydrogens (tertiary/aromatic N) is 2. The van der Waals surface area contributed by atoms with Crippen molar-refractivity contribution in [2.45, 2.75) is 18.4 Å². The van der Waals surface area contributed by atoms with Gasteiger partial charge in [0, 0.05) is 27.6 Å². The highest BCUT2D eigenvalue weighted by atomic mass is 16.6. The molecule has 1 aromatic carbocycles. The fourth-order valence-electron chi connectivity index (χ4n) is 2.60. The number of aliphatic carboxylic acids is 1. The molecule has 1 atom stereocenters. The lowest BCUT2D eigenvalue weighted by Gasteiger charge is -2.40. The maximum atomic E-state index is 12.9. The lowest BCUT2D eigenvalue weighted by Crippen LogP contribution is -2.61. The minimum absolute atomic E-state index is 0.0339. The molecule has 0 saturated carbocycles. The molecule has 7 nitrogen and oxygen atoms in total. The number of likely N-dealkylation sites (N-methyl/N-ethyl adjacent to an activating group) is 2. The maximum absolute atomic E-state index is 12.9. The Balaban J connectivity index is 3.37. The third kappa shape index (κ3) is 5.07. The van der Waals surface area contributed by atoms with Crippen LogP contribution >= 0.6 is 0 Å². The summed E-state index contributed by atoms with van der Waals surface area (Å²) >= 11 is 0. The van der Waals surface area contributed by atoms with Gasteiger partial charge in [-0.2, -0.15) is 0 Å². The second-order valence-electron chi connectivity index (χ2n) is 5.89. The quantitative estimate of drug-likeness (QED) is 0.724. The molecule has 25 heavy (non-hydrogen) atoms. The topological polar surface area (TPSA) is 87.1 Å². The summed E-state index contributed by atoms with van der Waals surface area (Å²) in [6.45, 7) is 3.43. The number of carbonyl (C=O) groups excluding carboxylic acids is 2. The van der Waals surface area contributed by atoms with E-state index in [1.165, 1.54) is 32.1 Å². The lowest BCUT2D eigenvalue weighted by atomic mass is 9.84. The molecule has 0 radical (unpaired) electrons. The summed E-state index contributed by atoms with van der Waals surface area (Å²) in [4.78, 5) is 39.1. The van der Waals surface area contributed by atoms with Crippen molar-refractivity contribution in [1.29, 1.82) is 0 Å². The van der Waals surface area contributed by atoms with Crippen molar-refractivity contribution in [1.82, 2.24) is 9.80 Å². The molecule has 1 unspecified atom stereocenters. The first-order valence-corrected chi connectivity index (χ1v) is 7.73. The standard InChI is InChI=1S/C18H24N2O5/c1-5-11-25-17(24)20(4)18(13-15(21)22,16(23)19(2)3)12-14-9-7-6-8-10-14/h5-10H,1,11-13H2,2-4H3,(H,21,22). The van der Waals surface area contributed by atoms with Crippen molar-refractivity contribution in [2.24, 2.45) is 0 Å². The van der Waals surface area contributed by atoms with Gasteiger partial charge in [-0.05, 0) is 5.56 Å². The fourth-order valence-corrected chi connectivity index (χ4v) is 2.60. The number of hydrogen-bond acceptors (Lipinski definition) is 4. The summed E-state index contributed by atoms with van der Waals surface area (Å²) in [7, 11) is 4.42. The molecule has 1 aromatic rings. The van der Waals surface area contributed by atoms with Crippen LogP contribution in [0.15, 0.2) is 43.0 Å². The largest absolute Gasteiger partial charge is 0.481 e. The number of amides is 2. The second kappa shape index (κ2) is 8.86. The minimum Gasteiger partial charge on any atom is -0.481 e. The molecule has 0 fully saturated rings. The van der Waals surface area contributed by atoms with Gasteiger partial charge in [0.05, 0.1) is 6.42 Å². The molecule has 1 N–H and O–H groups in total. The Morgan fingerprint density at radius 3 is 2.28 bits per heavy atom. The number of carboxylic acids is 1. The molecule has 0 bridgehead atoms. The Labute approximate surface area is 147 Å². The molecule has 2 amide bonds. The molecule has 136 valence electrons. The van der Waals surface area contributed by atoms with E-state index in [1.54, 1.807) is 24.3 Å². The van der Waals surface area contributed by atoms with Gasteiger partial charge in [-0.1, -0.05) is 43.0 Å². The summed E-state index contributed by atoms with van der Waals surface area (Å²) in [5.41, 5.74) is -0.864. The molecule has 0 aromatic heterocycles. The Kier molecular flexibility index (Phi) is 7.17. The summed E-state index contributed by atoms with van der Waals surface area (Å²) < 4.78 is 5.01. The van der Waals surface area contributed by atoms with Crippen molar-refractivity contribution >= 4 is 18.0 Å². The molecule has 0 saturated heterocycles. The number of hydrogen-bond donors (Lipinski definition) is 1. The van der Waals surface area contributed by atoms with Crippen LogP contribution in [0, 0.1) is 0 Å². The Morgan fingerprint density at radius 1 is 1.20 bits per heavy atom. The van der Waals surface area contributed by atoms with Gasteiger partial charge in [-0.15, -0.1) is 0 Å². The number of carbonyl (C=O) groups is 3. The van der Waals surface area contributed by atoms with Crippen LogP contribution in [0.4, 0.5) is 4.79 Å². The third-order valence-corrected chi connectivity index (χ3v) is 3.83. The van der Waals surface area contributed by atoms with E-state index in [2.05, 4.69) is 6.58 Å². The van der Waals surface area contributed by atoms with E-state index >= 15 is 0 Å². The van der Waals surface area contributed by atoms with E-state index in [9.17, 15) is 19.5 Å². The zero-order chi connectivity index (χ0) is 19.0. The van der Waals surface area contributed by atoms with Crippen LogP contribution in [0.2, 0.25) is 0 Å². The highest BCUT2D eigenvalue weighted by Gasteiger charge is 2.48. The number of carboxylic acid groups (broad SMARTS) is 1. The van der Waals surface area contributed by atoms with E-state index in [4.69, 9.17) is 4.74 Å². The van der Waals surface area contributed by atoms with Crippen LogP contribution in [0.25, 0.3) is 0 Å². The predicted octanol–water partition coefficient (Wildman–Crippen LogP) is 1.79. The first kappa shape index (κ1) is 20.2. The summed E-state index contributed by atoms with van der Waals surface area (Å²) in [6, 6.07) is 8.96. The lowest BCUT2D eigenvalue weighted by molar-refractivity contribution is -0.150. The average Bonchev–Trinajstić information content (AvgIpc) is 2.57. The van der Waals surface area contributed by atoms with E-state index in [1.807, 2.05) is 6.07 Å². The molecule has 1 rings (SSSR count). The van der Waals surface area contributed by atoms with Crippen LogP contribution in [-0.2, 0) is 20.7 Å². The predicted molar refractivity (Wildman–Crippen MR) is 93.1 cm³/mol. The van der Waals surface area contributed by atoms with Crippen LogP contribution < -0.4 is 0 Å². The van der Waals surface area contributed by atoms with Gasteiger partial charge in [0.25, 0.3) is 0 Å². The second-order valence-corrected chi connectivity index (χ2v) is 5.89. The zero-order valence-corrected chi connectivity index (χ0v) is 14.8. The Bertz CT molecular complexity index is 630. The van der Waals surface area contributed by atoms with Gasteiger partial charge < -0.3 is 14.7 Å². The molecule has 7 heteroatoms. The summed E-state index contributed by atoms with van der Waals surface area (Å²) in [5, 5.41) is 9.40. The van der Waals surface area contributed by atoms with Crippen LogP contribution in [0.5, 0.6) is 0 Å². The van der Waals surface area contributed by atoms with Gasteiger partial charge in [-0.3, -0.25) is 14.5 Å². The first-order chi connectivity index (χ1) is 11.7. The summed E-state index contributed by atoms with van der Waals surface area (Å²) in [6.07, 6.45) is 0.123. The van der Waals surface area contributed by atoms with Crippen LogP contribution in [-0.4, -0.2) is 66.2 Å². The maximum Gasteiger partial charge on any atom is 0.410 e. The molecule has 0 aliphatic carbocycles. The molecule has 0 aliphatic rings. The molecular formula is C18H24N2O5. The first-order valence-electron chi connectivity index (χ1n) is 7.73. The summed E-state index contributed by atoms with van der Waals surface area (Å²) in [5.74, 6) is -1.67. The van der Waals surface area contributed by atoms with Crippen molar-refractivity contribution in [3.05, 3.63) is 48.6 Å². The monoisotopic (exact) mass is 348 g/mol. The highest BCUT2D eigenvalue weighted by Crippen LogP contribution is 2.27. The van der Waals surface area contributed by atoms with Crippen molar-refractivity contribution in [3.8, 4) is 0 Å². The van der Waals surface area contributed by atoms with Crippen molar-refractivity contribution in [3.63, 3.8) is 0 Å². The zero-order valence-electron chi connectivity index (χ0n) is 14.8. The van der Waals surface area contributed by atoms with E-state index in [-0.39, 0.29) is 13.0 Å². The third-order valence-electron chi connectivity index (χ3n) is 3.83. The van der Waals surface area contributed by atoms with E-state index < -0.39 is 29.9 Å². The van der Waals surface area contributed by atoms with Crippen molar-refractivity contribution in [2.75, 3.05) is 27.7 Å². The van der Waals surface area contributed by atoms with Gasteiger partial charge in [0.1, 0.15) is 12.1 Å². The van der Waals surface area contributed by atoms with Gasteiger partial charge >= 0.3 is 12.1 Å². The van der Waals surface area contributed by atoms with Crippen LogP contribution in [0.1, 0.15) is 12.0 Å². The van der Waals surface area contributed by atoms with Gasteiger partial charge in [0.15, 0.2) is 0 Å². The fraction of sp³-hybridized carbons (Fsp3) is 0.389. The van der Waals surface area contributed by atoms with E-state index in [0.29, 0.717) is 0 Å². The average molecular weight is 348 g/mol. The molecule has 0 heterocycles. The highest BCUT2D eigenvalue weighted by molar-refractivity contribution is 5.93. The normalized spacial score (nSPS) is 12.6. The SMILES string of the molecule is C=CCOC(=O)N(C)C(CC(=O)O)(Cc1ccccc1)C(=O)N(C)C. The van der Waals surface area contributed by atoms with Crippen molar-refractivity contribution < 1.29 is 24.2 Å². The Morgan fingerprint density at radius 2 is 1.80 bits per heavy atom. The number of benzene rings is 1. The number of rotatable bonds is 8. The Hall–Kier alpha value is -2.83. The molecule has 0 aliphatic heterocycles. The van der Waals surface area contributed by atoms with Gasteiger partial charge in [-0.25, -0.2) is 4.79 Å². The van der Waals surface area contributed by atoms with E-state index in [0.717, 1.165) is 10.5 Å². The van der Waals surface area contributed by atoms with Crippen LogP contribution in [0.3, 0.4) is 0 Å². The molecule has 0 spiro atoms. The smallest absolute Gasteiger partial charge is 0.410 e. The number of ether oxygens (including phenoxy) is 1. The minimum atomic E-state index is -1.60. The van der Waals surface area contributed by atoms with Gasteiger partial charge in [0.2, 0.25) is 5.91 Å².